The molecule has 3 aromatic rings. The van der Waals surface area contributed by atoms with Crippen molar-refractivity contribution in [2.75, 3.05) is 0 Å². The monoisotopic (exact) mass is 402 g/mol. The lowest BCUT2D eigenvalue weighted by atomic mass is 9.66. The van der Waals surface area contributed by atoms with E-state index in [4.69, 9.17) is 11.6 Å². The summed E-state index contributed by atoms with van der Waals surface area (Å²) in [5, 5.41) is 11.6. The van der Waals surface area contributed by atoms with Gasteiger partial charge in [0.1, 0.15) is 0 Å². The molecular formula is C27H27ClO. The van der Waals surface area contributed by atoms with Gasteiger partial charge >= 0.3 is 0 Å². The predicted molar refractivity (Wildman–Crippen MR) is 121 cm³/mol. The van der Waals surface area contributed by atoms with E-state index in [1.54, 1.807) is 0 Å². The van der Waals surface area contributed by atoms with Crippen LogP contribution in [-0.4, -0.2) is 5.11 Å². The minimum absolute atomic E-state index is 0.0694. The van der Waals surface area contributed by atoms with E-state index in [1.165, 1.54) is 59.9 Å². The van der Waals surface area contributed by atoms with Gasteiger partial charge in [0.25, 0.3) is 0 Å². The SMILES string of the molecule is CC(C)(O)c1ccc(Cl)cc1-c1cccc2c1C1(CCCCC1)c1ccccc1-2. The summed E-state index contributed by atoms with van der Waals surface area (Å²) in [6, 6.07) is 21.5. The molecule has 3 aromatic carbocycles. The van der Waals surface area contributed by atoms with Gasteiger partial charge < -0.3 is 5.11 Å². The Hall–Kier alpha value is -2.09. The van der Waals surface area contributed by atoms with Crippen LogP contribution in [0.25, 0.3) is 22.3 Å². The summed E-state index contributed by atoms with van der Waals surface area (Å²) < 4.78 is 0. The van der Waals surface area contributed by atoms with E-state index >= 15 is 0 Å². The van der Waals surface area contributed by atoms with Gasteiger partial charge in [-0.15, -0.1) is 0 Å². The standard InChI is InChI=1S/C27H27ClO/c1-26(2,29)23-14-13-18(28)17-22(23)21-11-8-10-20-19-9-4-5-12-24(19)27(25(20)21)15-6-3-7-16-27/h4-5,8-14,17,29H,3,6-7,15-16H2,1-2H3. The topological polar surface area (TPSA) is 20.2 Å². The van der Waals surface area contributed by atoms with Crippen LogP contribution in [0, 0.1) is 0 Å². The molecule has 1 fully saturated rings. The van der Waals surface area contributed by atoms with Crippen LogP contribution in [-0.2, 0) is 11.0 Å². The molecular weight excluding hydrogens is 376 g/mol. The number of fused-ring (bicyclic) bond motifs is 5. The maximum absolute atomic E-state index is 10.9. The number of halogens is 1. The van der Waals surface area contributed by atoms with Crippen LogP contribution in [0.4, 0.5) is 0 Å². The van der Waals surface area contributed by atoms with Crippen molar-refractivity contribution in [2.24, 2.45) is 0 Å². The molecule has 0 bridgehead atoms. The second-order valence-electron chi connectivity index (χ2n) is 9.17. The van der Waals surface area contributed by atoms with Crippen LogP contribution in [0.1, 0.15) is 62.6 Å². The predicted octanol–water partition coefficient (Wildman–Crippen LogP) is 7.47. The smallest absolute Gasteiger partial charge is 0.0846 e. The van der Waals surface area contributed by atoms with Gasteiger partial charge in [-0.2, -0.15) is 0 Å². The average molecular weight is 403 g/mol. The van der Waals surface area contributed by atoms with Gasteiger partial charge in [-0.05, 0) is 77.8 Å². The van der Waals surface area contributed by atoms with Crippen LogP contribution in [0.5, 0.6) is 0 Å². The Kier molecular flexibility index (Phi) is 4.38. The maximum Gasteiger partial charge on any atom is 0.0846 e. The average Bonchev–Trinajstić information content (AvgIpc) is 2.98. The van der Waals surface area contributed by atoms with Crippen molar-refractivity contribution < 1.29 is 5.11 Å². The molecule has 0 amide bonds. The second kappa shape index (κ2) is 6.72. The van der Waals surface area contributed by atoms with Crippen molar-refractivity contribution in [1.82, 2.24) is 0 Å². The number of benzene rings is 3. The molecule has 0 unspecified atom stereocenters. The van der Waals surface area contributed by atoms with Crippen molar-refractivity contribution in [3.8, 4) is 22.3 Å². The Labute approximate surface area is 178 Å². The van der Waals surface area contributed by atoms with Gasteiger partial charge in [0.2, 0.25) is 0 Å². The molecule has 1 saturated carbocycles. The third-order valence-corrected chi connectivity index (χ3v) is 7.15. The highest BCUT2D eigenvalue weighted by Gasteiger charge is 2.45. The van der Waals surface area contributed by atoms with E-state index in [2.05, 4.69) is 42.5 Å². The van der Waals surface area contributed by atoms with Gasteiger partial charge in [0.05, 0.1) is 5.60 Å². The number of hydrogen-bond donors (Lipinski definition) is 1. The van der Waals surface area contributed by atoms with Crippen molar-refractivity contribution in [3.05, 3.63) is 82.4 Å². The summed E-state index contributed by atoms with van der Waals surface area (Å²) in [7, 11) is 0. The third kappa shape index (κ3) is 2.86. The quantitative estimate of drug-likeness (QED) is 0.471. The Morgan fingerprint density at radius 2 is 1.45 bits per heavy atom. The van der Waals surface area contributed by atoms with E-state index in [1.807, 2.05) is 32.0 Å². The molecule has 0 radical (unpaired) electrons. The summed E-state index contributed by atoms with van der Waals surface area (Å²) in [5.41, 5.74) is 7.98. The summed E-state index contributed by atoms with van der Waals surface area (Å²) in [4.78, 5) is 0. The van der Waals surface area contributed by atoms with Crippen LogP contribution < -0.4 is 0 Å². The zero-order valence-electron chi connectivity index (χ0n) is 17.1. The van der Waals surface area contributed by atoms with Gasteiger partial charge in [0, 0.05) is 10.4 Å². The molecule has 29 heavy (non-hydrogen) atoms. The highest BCUT2D eigenvalue weighted by molar-refractivity contribution is 6.31. The number of rotatable bonds is 2. The summed E-state index contributed by atoms with van der Waals surface area (Å²) >= 11 is 6.45. The molecule has 2 aliphatic rings. The largest absolute Gasteiger partial charge is 0.386 e. The van der Waals surface area contributed by atoms with E-state index in [0.717, 1.165) is 11.1 Å². The molecule has 0 aliphatic heterocycles. The first-order chi connectivity index (χ1) is 13.9. The van der Waals surface area contributed by atoms with E-state index in [-0.39, 0.29) is 5.41 Å². The molecule has 148 valence electrons. The highest BCUT2D eigenvalue weighted by atomic mass is 35.5. The van der Waals surface area contributed by atoms with Crippen molar-refractivity contribution in [2.45, 2.75) is 57.0 Å². The number of aliphatic hydroxyl groups is 1. The maximum atomic E-state index is 10.9. The second-order valence-corrected chi connectivity index (χ2v) is 9.60. The normalized spacial score (nSPS) is 17.2. The van der Waals surface area contributed by atoms with Gasteiger partial charge in [0.15, 0.2) is 0 Å². The minimum atomic E-state index is -0.937. The molecule has 1 N–H and O–H groups in total. The van der Waals surface area contributed by atoms with E-state index in [0.29, 0.717) is 5.02 Å². The van der Waals surface area contributed by atoms with E-state index < -0.39 is 5.60 Å². The minimum Gasteiger partial charge on any atom is -0.386 e. The number of hydrogen-bond acceptors (Lipinski definition) is 1. The Morgan fingerprint density at radius 3 is 2.17 bits per heavy atom. The molecule has 0 saturated heterocycles. The summed E-state index contributed by atoms with van der Waals surface area (Å²) in [6.07, 6.45) is 6.21. The lowest BCUT2D eigenvalue weighted by Gasteiger charge is -2.37. The van der Waals surface area contributed by atoms with Crippen molar-refractivity contribution in [1.29, 1.82) is 0 Å². The lowest BCUT2D eigenvalue weighted by molar-refractivity contribution is 0.0792. The Morgan fingerprint density at radius 1 is 0.793 bits per heavy atom. The first-order valence-corrected chi connectivity index (χ1v) is 11.1. The van der Waals surface area contributed by atoms with Crippen LogP contribution in [0.15, 0.2) is 60.7 Å². The van der Waals surface area contributed by atoms with Crippen molar-refractivity contribution >= 4 is 11.6 Å². The Balaban J connectivity index is 1.84. The fraction of sp³-hybridized carbons (Fsp3) is 0.333. The lowest BCUT2D eigenvalue weighted by Crippen LogP contribution is -2.29. The summed E-state index contributed by atoms with van der Waals surface area (Å²) in [5.74, 6) is 0. The van der Waals surface area contributed by atoms with Crippen LogP contribution in [0.2, 0.25) is 5.02 Å². The van der Waals surface area contributed by atoms with Crippen LogP contribution >= 0.6 is 11.6 Å². The molecule has 2 heteroatoms. The molecule has 1 spiro atoms. The van der Waals surface area contributed by atoms with Gasteiger partial charge in [-0.3, -0.25) is 0 Å². The Bertz CT molecular complexity index is 1080. The molecule has 0 atom stereocenters. The first-order valence-electron chi connectivity index (χ1n) is 10.7. The third-order valence-electron chi connectivity index (χ3n) is 6.91. The fourth-order valence-corrected chi connectivity index (χ4v) is 5.91. The molecule has 2 aliphatic carbocycles. The fourth-order valence-electron chi connectivity index (χ4n) is 5.73. The van der Waals surface area contributed by atoms with Crippen LogP contribution in [0.3, 0.4) is 0 Å². The highest BCUT2D eigenvalue weighted by Crippen LogP contribution is 2.58. The van der Waals surface area contributed by atoms with Crippen molar-refractivity contribution in [3.63, 3.8) is 0 Å². The molecule has 0 heterocycles. The molecule has 1 nitrogen and oxygen atoms in total. The molecule has 0 aromatic heterocycles. The van der Waals surface area contributed by atoms with E-state index in [9.17, 15) is 5.11 Å². The summed E-state index contributed by atoms with van der Waals surface area (Å²) in [6.45, 7) is 3.71. The zero-order chi connectivity index (χ0) is 20.2. The zero-order valence-corrected chi connectivity index (χ0v) is 17.9. The first kappa shape index (κ1) is 18.9. The molecule has 5 rings (SSSR count). The van der Waals surface area contributed by atoms with Gasteiger partial charge in [-0.25, -0.2) is 0 Å². The van der Waals surface area contributed by atoms with Gasteiger partial charge in [-0.1, -0.05) is 79.4 Å².